The molecule has 0 bridgehead atoms. The van der Waals surface area contributed by atoms with E-state index in [0.29, 0.717) is 18.0 Å². The topological polar surface area (TPSA) is 70.2 Å². The lowest BCUT2D eigenvalue weighted by atomic mass is 10.1. The van der Waals surface area contributed by atoms with E-state index >= 15 is 0 Å². The number of hydrogen-bond acceptors (Lipinski definition) is 3. The predicted octanol–water partition coefficient (Wildman–Crippen LogP) is 6.94. The highest BCUT2D eigenvalue weighted by Gasteiger charge is 2.06. The first kappa shape index (κ1) is 27.1. The summed E-state index contributed by atoms with van der Waals surface area (Å²) in [7, 11) is 0. The zero-order chi connectivity index (χ0) is 22.7. The second-order valence-corrected chi connectivity index (χ2v) is 8.57. The van der Waals surface area contributed by atoms with Gasteiger partial charge >= 0.3 is 0 Å². The molecule has 0 aliphatic rings. The molecule has 0 aliphatic carbocycles. The van der Waals surface area contributed by atoms with Crippen LogP contribution in [0.4, 0.5) is 11.4 Å². The molecular weight excluding hydrogens is 406 g/mol. The first-order chi connectivity index (χ1) is 15.0. The lowest BCUT2D eigenvalue weighted by Gasteiger charge is -2.10. The van der Waals surface area contributed by atoms with Crippen molar-refractivity contribution in [3.05, 3.63) is 24.3 Å². The summed E-state index contributed by atoms with van der Waals surface area (Å²) in [4.78, 5) is 23.7. The van der Waals surface area contributed by atoms with E-state index in [4.69, 9.17) is 12.2 Å². The quantitative estimate of drug-likeness (QED) is 0.190. The first-order valence-corrected chi connectivity index (χ1v) is 12.5. The van der Waals surface area contributed by atoms with E-state index < -0.39 is 0 Å². The van der Waals surface area contributed by atoms with E-state index in [0.717, 1.165) is 30.6 Å². The van der Waals surface area contributed by atoms with Crippen LogP contribution in [0.25, 0.3) is 0 Å². The van der Waals surface area contributed by atoms with Crippen LogP contribution in [0.15, 0.2) is 24.3 Å². The van der Waals surface area contributed by atoms with E-state index in [9.17, 15) is 9.59 Å². The third-order valence-corrected chi connectivity index (χ3v) is 5.37. The molecule has 3 N–H and O–H groups in total. The van der Waals surface area contributed by atoms with Crippen LogP contribution in [0.1, 0.15) is 104 Å². The summed E-state index contributed by atoms with van der Waals surface area (Å²) in [6.07, 6.45) is 15.7. The maximum Gasteiger partial charge on any atom is 0.226 e. The number of carbonyl (C=O) groups is 2. The van der Waals surface area contributed by atoms with Gasteiger partial charge in [0.2, 0.25) is 11.8 Å². The van der Waals surface area contributed by atoms with Crippen molar-refractivity contribution in [3.63, 3.8) is 0 Å². The van der Waals surface area contributed by atoms with Crippen LogP contribution >= 0.6 is 12.2 Å². The van der Waals surface area contributed by atoms with Gasteiger partial charge < -0.3 is 16.0 Å². The number of amides is 2. The average molecular weight is 448 g/mol. The van der Waals surface area contributed by atoms with Crippen LogP contribution in [0.3, 0.4) is 0 Å². The molecule has 0 radical (unpaired) electrons. The highest BCUT2D eigenvalue weighted by Crippen LogP contribution is 2.14. The van der Waals surface area contributed by atoms with Crippen LogP contribution in [-0.2, 0) is 9.59 Å². The van der Waals surface area contributed by atoms with Gasteiger partial charge in [0.25, 0.3) is 0 Å². The number of nitrogens with one attached hydrogen (secondary N) is 3. The Morgan fingerprint density at radius 2 is 1.13 bits per heavy atom. The van der Waals surface area contributed by atoms with Crippen LogP contribution < -0.4 is 16.0 Å². The molecule has 1 aromatic rings. The zero-order valence-corrected chi connectivity index (χ0v) is 20.3. The van der Waals surface area contributed by atoms with Crippen LogP contribution in [0.2, 0.25) is 0 Å². The highest BCUT2D eigenvalue weighted by atomic mass is 32.1. The van der Waals surface area contributed by atoms with Crippen molar-refractivity contribution >= 4 is 40.5 Å². The second kappa shape index (κ2) is 17.7. The number of unbranched alkanes of at least 4 members (excludes halogenated alkanes) is 10. The molecule has 174 valence electrons. The van der Waals surface area contributed by atoms with Gasteiger partial charge in [-0.25, -0.2) is 0 Å². The number of carbonyl (C=O) groups excluding carboxylic acids is 2. The Morgan fingerprint density at radius 3 is 1.65 bits per heavy atom. The van der Waals surface area contributed by atoms with Gasteiger partial charge in [0, 0.05) is 24.2 Å². The van der Waals surface area contributed by atoms with Gasteiger partial charge in [0.05, 0.1) is 0 Å². The van der Waals surface area contributed by atoms with Crippen LogP contribution in [-0.4, -0.2) is 16.9 Å². The lowest BCUT2D eigenvalue weighted by Crippen LogP contribution is -2.33. The predicted molar refractivity (Wildman–Crippen MR) is 135 cm³/mol. The molecular formula is C25H41N3O2S. The van der Waals surface area contributed by atoms with Gasteiger partial charge in [0.1, 0.15) is 0 Å². The van der Waals surface area contributed by atoms with E-state index in [-0.39, 0.29) is 11.8 Å². The molecule has 5 nitrogen and oxygen atoms in total. The molecule has 0 atom stereocenters. The zero-order valence-electron chi connectivity index (χ0n) is 19.4. The monoisotopic (exact) mass is 447 g/mol. The Kier molecular flexibility index (Phi) is 15.5. The molecule has 0 aromatic heterocycles. The largest absolute Gasteiger partial charge is 0.332 e. The molecule has 0 unspecified atom stereocenters. The van der Waals surface area contributed by atoms with E-state index in [2.05, 4.69) is 22.9 Å². The molecule has 6 heteroatoms. The molecule has 2 amide bonds. The lowest BCUT2D eigenvalue weighted by molar-refractivity contribution is -0.119. The number of rotatable bonds is 16. The summed E-state index contributed by atoms with van der Waals surface area (Å²) < 4.78 is 0. The summed E-state index contributed by atoms with van der Waals surface area (Å²) in [5.74, 6) is -0.0368. The van der Waals surface area contributed by atoms with Crippen molar-refractivity contribution < 1.29 is 9.59 Å². The Morgan fingerprint density at radius 1 is 0.645 bits per heavy atom. The SMILES string of the molecule is CCCCCCCCCCCCCC(=O)NC(=S)Nc1ccc(NC(=O)CCC)cc1. The fourth-order valence-corrected chi connectivity index (χ4v) is 3.62. The molecule has 0 aliphatic heterocycles. The molecule has 0 spiro atoms. The smallest absolute Gasteiger partial charge is 0.226 e. The first-order valence-electron chi connectivity index (χ1n) is 12.1. The van der Waals surface area contributed by atoms with E-state index in [1.54, 1.807) is 0 Å². The fraction of sp³-hybridized carbons (Fsp3) is 0.640. The van der Waals surface area contributed by atoms with Crippen molar-refractivity contribution in [1.82, 2.24) is 5.32 Å². The van der Waals surface area contributed by atoms with Crippen molar-refractivity contribution in [2.75, 3.05) is 10.6 Å². The molecule has 0 heterocycles. The highest BCUT2D eigenvalue weighted by molar-refractivity contribution is 7.80. The maximum absolute atomic E-state index is 12.1. The number of thiocarbonyl (C=S) groups is 1. The second-order valence-electron chi connectivity index (χ2n) is 8.16. The molecule has 31 heavy (non-hydrogen) atoms. The molecule has 1 rings (SSSR count). The van der Waals surface area contributed by atoms with Gasteiger partial charge in [-0.15, -0.1) is 0 Å². The van der Waals surface area contributed by atoms with Crippen molar-refractivity contribution in [3.8, 4) is 0 Å². The maximum atomic E-state index is 12.1. The molecule has 0 fully saturated rings. The Balaban J connectivity index is 2.09. The third-order valence-electron chi connectivity index (χ3n) is 5.16. The van der Waals surface area contributed by atoms with Crippen molar-refractivity contribution in [1.29, 1.82) is 0 Å². The summed E-state index contributed by atoms with van der Waals surface area (Å²) >= 11 is 5.22. The fourth-order valence-electron chi connectivity index (χ4n) is 3.39. The summed E-state index contributed by atoms with van der Waals surface area (Å²) in [5.41, 5.74) is 1.52. The Hall–Kier alpha value is -1.95. The Labute approximate surface area is 194 Å². The summed E-state index contributed by atoms with van der Waals surface area (Å²) in [5, 5.41) is 8.89. The number of anilines is 2. The van der Waals surface area contributed by atoms with E-state index in [1.807, 2.05) is 31.2 Å². The van der Waals surface area contributed by atoms with Gasteiger partial charge in [-0.05, 0) is 49.3 Å². The molecule has 1 aromatic carbocycles. The summed E-state index contributed by atoms with van der Waals surface area (Å²) in [6, 6.07) is 7.27. The van der Waals surface area contributed by atoms with Gasteiger partial charge in [-0.3, -0.25) is 9.59 Å². The van der Waals surface area contributed by atoms with Crippen molar-refractivity contribution in [2.24, 2.45) is 0 Å². The van der Waals surface area contributed by atoms with Crippen molar-refractivity contribution in [2.45, 2.75) is 104 Å². The van der Waals surface area contributed by atoms with Gasteiger partial charge in [-0.2, -0.15) is 0 Å². The minimum absolute atomic E-state index is 0.00778. The average Bonchev–Trinajstić information content (AvgIpc) is 2.73. The third kappa shape index (κ3) is 14.6. The minimum atomic E-state index is -0.0446. The number of benzene rings is 1. The molecule has 0 saturated carbocycles. The Bertz CT molecular complexity index is 647. The number of hydrogen-bond donors (Lipinski definition) is 3. The standard InChI is InChI=1S/C25H41N3O2S/c1-3-5-6-7-8-9-10-11-12-13-14-16-24(30)28-25(31)27-22-19-17-21(18-20-22)26-23(29)15-4-2/h17-20H,3-16H2,1-2H3,(H,26,29)(H2,27,28,30,31). The van der Waals surface area contributed by atoms with Gasteiger partial charge in [-0.1, -0.05) is 78.1 Å². The van der Waals surface area contributed by atoms with E-state index in [1.165, 1.54) is 57.8 Å². The van der Waals surface area contributed by atoms with Gasteiger partial charge in [0.15, 0.2) is 5.11 Å². The minimum Gasteiger partial charge on any atom is -0.332 e. The normalized spacial score (nSPS) is 10.5. The van der Waals surface area contributed by atoms with Crippen LogP contribution in [0.5, 0.6) is 0 Å². The van der Waals surface area contributed by atoms with Crippen LogP contribution in [0, 0.1) is 0 Å². The molecule has 0 saturated heterocycles. The summed E-state index contributed by atoms with van der Waals surface area (Å²) in [6.45, 7) is 4.22.